The third-order valence-electron chi connectivity index (χ3n) is 3.53. The minimum Gasteiger partial charge on any atom is -0.496 e. The Balaban J connectivity index is 2.37. The number of nitrogens with zero attached hydrogens (tertiary/aromatic N) is 1. The van der Waals surface area contributed by atoms with Gasteiger partial charge in [0.05, 0.1) is 12.0 Å². The van der Waals surface area contributed by atoms with E-state index in [0.29, 0.717) is 23.7 Å². The number of nitrogens with one attached hydrogen (secondary N) is 1. The maximum Gasteiger partial charge on any atom is 0.243 e. The average molecular weight is 330 g/mol. The molecule has 0 spiro atoms. The lowest BCUT2D eigenvalue weighted by Gasteiger charge is -2.32. The number of rotatable bonds is 5. The summed E-state index contributed by atoms with van der Waals surface area (Å²) in [5, 5.41) is 3.03. The van der Waals surface area contributed by atoms with Crippen LogP contribution in [0.15, 0.2) is 23.1 Å². The molecule has 1 N–H and O–H groups in total. The fourth-order valence-electron chi connectivity index (χ4n) is 2.45. The maximum atomic E-state index is 12.8. The van der Waals surface area contributed by atoms with E-state index < -0.39 is 10.0 Å². The smallest absolute Gasteiger partial charge is 0.243 e. The summed E-state index contributed by atoms with van der Waals surface area (Å²) in [5.41, 5.74) is 0.847. The Bertz CT molecular complexity index is 590. The van der Waals surface area contributed by atoms with Crippen LogP contribution in [0.2, 0.25) is 0 Å². The molecule has 7 heteroatoms. The van der Waals surface area contributed by atoms with E-state index in [1.807, 2.05) is 14.0 Å². The third-order valence-corrected chi connectivity index (χ3v) is 6.73. The van der Waals surface area contributed by atoms with E-state index in [9.17, 15) is 8.42 Å². The lowest BCUT2D eigenvalue weighted by atomic mass is 10.2. The zero-order valence-electron chi connectivity index (χ0n) is 12.6. The van der Waals surface area contributed by atoms with Gasteiger partial charge >= 0.3 is 0 Å². The van der Waals surface area contributed by atoms with Crippen LogP contribution in [0.5, 0.6) is 5.75 Å². The fourth-order valence-corrected chi connectivity index (χ4v) is 5.35. The average Bonchev–Trinajstić information content (AvgIpc) is 2.47. The summed E-state index contributed by atoms with van der Waals surface area (Å²) in [7, 11) is -0.0265. The van der Waals surface area contributed by atoms with Crippen molar-refractivity contribution in [2.75, 3.05) is 32.2 Å². The molecule has 0 aromatic heterocycles. The summed E-state index contributed by atoms with van der Waals surface area (Å²) in [6, 6.07) is 5.09. The van der Waals surface area contributed by atoms with Crippen LogP contribution in [0.4, 0.5) is 0 Å². The molecule has 2 rings (SSSR count). The summed E-state index contributed by atoms with van der Waals surface area (Å²) >= 11 is 1.80. The quantitative estimate of drug-likeness (QED) is 0.887. The topological polar surface area (TPSA) is 58.6 Å². The second-order valence-electron chi connectivity index (χ2n) is 5.04. The Labute approximate surface area is 131 Å². The van der Waals surface area contributed by atoms with Crippen molar-refractivity contribution in [2.45, 2.75) is 24.4 Å². The molecule has 1 saturated heterocycles. The van der Waals surface area contributed by atoms with E-state index in [2.05, 4.69) is 5.32 Å². The molecular weight excluding hydrogens is 308 g/mol. The molecule has 1 aromatic carbocycles. The highest BCUT2D eigenvalue weighted by Crippen LogP contribution is 2.28. The zero-order valence-corrected chi connectivity index (χ0v) is 14.3. The van der Waals surface area contributed by atoms with E-state index in [-0.39, 0.29) is 6.04 Å². The van der Waals surface area contributed by atoms with Crippen molar-refractivity contribution in [3.8, 4) is 5.75 Å². The molecule has 0 amide bonds. The van der Waals surface area contributed by atoms with Gasteiger partial charge in [0.1, 0.15) is 5.75 Å². The molecule has 1 aliphatic rings. The summed E-state index contributed by atoms with van der Waals surface area (Å²) < 4.78 is 32.5. The molecule has 0 aliphatic carbocycles. The summed E-state index contributed by atoms with van der Waals surface area (Å²) in [4.78, 5) is 0.340. The van der Waals surface area contributed by atoms with Crippen molar-refractivity contribution < 1.29 is 13.2 Å². The van der Waals surface area contributed by atoms with Crippen molar-refractivity contribution in [3.63, 3.8) is 0 Å². The molecular formula is C14H22N2O3S2. The molecule has 1 heterocycles. The van der Waals surface area contributed by atoms with Crippen LogP contribution in [-0.2, 0) is 16.6 Å². The van der Waals surface area contributed by atoms with E-state index in [1.54, 1.807) is 41.4 Å². The predicted molar refractivity (Wildman–Crippen MR) is 86.4 cm³/mol. The summed E-state index contributed by atoms with van der Waals surface area (Å²) in [5.74, 6) is 2.40. The van der Waals surface area contributed by atoms with Crippen LogP contribution in [0.3, 0.4) is 0 Å². The number of hydrogen-bond acceptors (Lipinski definition) is 5. The van der Waals surface area contributed by atoms with Crippen molar-refractivity contribution in [1.29, 1.82) is 0 Å². The Morgan fingerprint density at radius 3 is 2.86 bits per heavy atom. The Kier molecular flexibility index (Phi) is 5.54. The van der Waals surface area contributed by atoms with Crippen molar-refractivity contribution in [3.05, 3.63) is 23.8 Å². The first kappa shape index (κ1) is 16.6. The van der Waals surface area contributed by atoms with E-state index in [0.717, 1.165) is 17.1 Å². The number of sulfonamides is 1. The standard InChI is InChI=1S/C14H22N2O3S2/c1-11-10-20-7-6-16(11)21(17,18)13-4-5-14(19-3)12(8-13)9-15-2/h4-5,8,11,15H,6-7,9-10H2,1-3H3. The first-order valence-electron chi connectivity index (χ1n) is 6.91. The van der Waals surface area contributed by atoms with Gasteiger partial charge in [-0.25, -0.2) is 8.42 Å². The first-order chi connectivity index (χ1) is 10.0. The summed E-state index contributed by atoms with van der Waals surface area (Å²) in [6.07, 6.45) is 0. The number of methoxy groups -OCH3 is 1. The van der Waals surface area contributed by atoms with Gasteiger partial charge in [0.15, 0.2) is 0 Å². The molecule has 1 aliphatic heterocycles. The highest BCUT2D eigenvalue weighted by Gasteiger charge is 2.31. The molecule has 1 atom stereocenters. The number of hydrogen-bond donors (Lipinski definition) is 1. The number of ether oxygens (including phenoxy) is 1. The molecule has 1 aromatic rings. The highest BCUT2D eigenvalue weighted by molar-refractivity contribution is 7.99. The van der Waals surface area contributed by atoms with Gasteiger partial charge in [-0.05, 0) is 32.2 Å². The van der Waals surface area contributed by atoms with Gasteiger partial charge < -0.3 is 10.1 Å². The molecule has 1 fully saturated rings. The molecule has 0 bridgehead atoms. The largest absolute Gasteiger partial charge is 0.496 e. The molecule has 21 heavy (non-hydrogen) atoms. The van der Waals surface area contributed by atoms with Crippen LogP contribution < -0.4 is 10.1 Å². The normalized spacial score (nSPS) is 20.4. The zero-order chi connectivity index (χ0) is 15.5. The number of benzene rings is 1. The van der Waals surface area contributed by atoms with E-state index in [1.165, 1.54) is 0 Å². The Morgan fingerprint density at radius 2 is 2.24 bits per heavy atom. The Morgan fingerprint density at radius 1 is 1.48 bits per heavy atom. The number of thioether (sulfide) groups is 1. The van der Waals surface area contributed by atoms with Crippen molar-refractivity contribution in [2.24, 2.45) is 0 Å². The minimum absolute atomic E-state index is 0.0311. The van der Waals surface area contributed by atoms with Crippen LogP contribution in [0.25, 0.3) is 0 Å². The van der Waals surface area contributed by atoms with Crippen LogP contribution >= 0.6 is 11.8 Å². The Hall–Kier alpha value is -0.760. The second kappa shape index (κ2) is 7.00. The van der Waals surface area contributed by atoms with Gasteiger partial charge in [0.2, 0.25) is 10.0 Å². The van der Waals surface area contributed by atoms with E-state index in [4.69, 9.17) is 4.74 Å². The maximum absolute atomic E-state index is 12.8. The van der Waals surface area contributed by atoms with Crippen molar-refractivity contribution in [1.82, 2.24) is 9.62 Å². The fraction of sp³-hybridized carbons (Fsp3) is 0.571. The molecule has 5 nitrogen and oxygen atoms in total. The van der Waals surface area contributed by atoms with Gasteiger partial charge in [0.25, 0.3) is 0 Å². The lowest BCUT2D eigenvalue weighted by Crippen LogP contribution is -2.44. The lowest BCUT2D eigenvalue weighted by molar-refractivity contribution is 0.367. The van der Waals surface area contributed by atoms with Gasteiger partial charge in [-0.15, -0.1) is 0 Å². The van der Waals surface area contributed by atoms with Gasteiger partial charge in [-0.1, -0.05) is 0 Å². The molecule has 0 saturated carbocycles. The monoisotopic (exact) mass is 330 g/mol. The van der Waals surface area contributed by atoms with Crippen LogP contribution in [0, 0.1) is 0 Å². The van der Waals surface area contributed by atoms with Gasteiger partial charge in [0, 0.05) is 36.2 Å². The van der Waals surface area contributed by atoms with E-state index >= 15 is 0 Å². The molecule has 0 radical (unpaired) electrons. The SMILES string of the molecule is CNCc1cc(S(=O)(=O)N2CCSCC2C)ccc1OC. The molecule has 1 unspecified atom stereocenters. The van der Waals surface area contributed by atoms with Gasteiger partial charge in [-0.3, -0.25) is 0 Å². The van der Waals surface area contributed by atoms with Crippen LogP contribution in [-0.4, -0.2) is 51.0 Å². The minimum atomic E-state index is -3.44. The van der Waals surface area contributed by atoms with Crippen LogP contribution in [0.1, 0.15) is 12.5 Å². The van der Waals surface area contributed by atoms with Crippen molar-refractivity contribution >= 4 is 21.8 Å². The third kappa shape index (κ3) is 3.53. The first-order valence-corrected chi connectivity index (χ1v) is 9.51. The van der Waals surface area contributed by atoms with Gasteiger partial charge in [-0.2, -0.15) is 16.1 Å². The molecule has 118 valence electrons. The predicted octanol–water partition coefficient (Wildman–Crippen LogP) is 1.54. The summed E-state index contributed by atoms with van der Waals surface area (Å²) in [6.45, 7) is 3.10. The second-order valence-corrected chi connectivity index (χ2v) is 8.08. The highest BCUT2D eigenvalue weighted by atomic mass is 32.2.